The lowest BCUT2D eigenvalue weighted by molar-refractivity contribution is 0.667. The summed E-state index contributed by atoms with van der Waals surface area (Å²) in [7, 11) is 0. The van der Waals surface area contributed by atoms with Gasteiger partial charge in [0, 0.05) is 21.4 Å². The molecule has 0 aliphatic heterocycles. The van der Waals surface area contributed by atoms with E-state index in [0.717, 1.165) is 27.4 Å². The van der Waals surface area contributed by atoms with Crippen molar-refractivity contribution in [3.05, 3.63) is 32.7 Å². The van der Waals surface area contributed by atoms with Crippen molar-refractivity contribution in [3.8, 4) is 11.8 Å². The van der Waals surface area contributed by atoms with Crippen LogP contribution in [0.3, 0.4) is 0 Å². The van der Waals surface area contributed by atoms with Crippen LogP contribution < -0.4 is 5.73 Å². The molecule has 3 heteroatoms. The number of hydrogen-bond donors (Lipinski definition) is 1. The van der Waals surface area contributed by atoms with Crippen molar-refractivity contribution < 1.29 is 0 Å². The van der Waals surface area contributed by atoms with Crippen LogP contribution in [0.15, 0.2) is 27.1 Å². The van der Waals surface area contributed by atoms with Crippen LogP contribution in [-0.2, 0) is 0 Å². The summed E-state index contributed by atoms with van der Waals surface area (Å²) in [6.45, 7) is 1.85. The quantitative estimate of drug-likeness (QED) is 0.832. The summed E-state index contributed by atoms with van der Waals surface area (Å²) in [5.74, 6) is 5.90. The Kier molecular flexibility index (Phi) is 5.38. The maximum atomic E-state index is 6.06. The van der Waals surface area contributed by atoms with Gasteiger partial charge >= 0.3 is 0 Å². The molecule has 1 unspecified atom stereocenters. The Morgan fingerprint density at radius 3 is 2.40 bits per heavy atom. The van der Waals surface area contributed by atoms with Crippen LogP contribution in [0.5, 0.6) is 0 Å². The van der Waals surface area contributed by atoms with Gasteiger partial charge in [0.2, 0.25) is 0 Å². The lowest BCUT2D eigenvalue weighted by Gasteiger charge is -2.11. The minimum atomic E-state index is 0.0552. The van der Waals surface area contributed by atoms with Gasteiger partial charge in [-0.15, -0.1) is 11.8 Å². The predicted molar refractivity (Wildman–Crippen MR) is 71.5 cm³/mol. The summed E-state index contributed by atoms with van der Waals surface area (Å²) >= 11 is 6.90. The molecule has 0 aliphatic rings. The maximum Gasteiger partial charge on any atom is 0.0304 e. The van der Waals surface area contributed by atoms with Gasteiger partial charge in [0.1, 0.15) is 0 Å². The third-order valence-electron chi connectivity index (χ3n) is 2.07. The fourth-order valence-corrected chi connectivity index (χ4v) is 2.64. The first-order valence-electron chi connectivity index (χ1n) is 4.74. The fourth-order valence-electron chi connectivity index (χ4n) is 1.31. The number of nitrogens with two attached hydrogens (primary N) is 1. The highest BCUT2D eigenvalue weighted by Gasteiger charge is 2.06. The molecule has 0 saturated carbocycles. The molecule has 0 radical (unpaired) electrons. The van der Waals surface area contributed by atoms with Gasteiger partial charge in [-0.25, -0.2) is 0 Å². The lowest BCUT2D eigenvalue weighted by Crippen LogP contribution is -2.09. The van der Waals surface area contributed by atoms with Crippen molar-refractivity contribution in [3.63, 3.8) is 0 Å². The van der Waals surface area contributed by atoms with Crippen LogP contribution in [0.2, 0.25) is 0 Å². The summed E-state index contributed by atoms with van der Waals surface area (Å²) in [4.78, 5) is 0. The number of benzene rings is 1. The van der Waals surface area contributed by atoms with E-state index in [1.165, 1.54) is 0 Å². The maximum absolute atomic E-state index is 6.06. The molecule has 0 fully saturated rings. The molecule has 0 bridgehead atoms. The van der Waals surface area contributed by atoms with Gasteiger partial charge in [-0.05, 0) is 37.1 Å². The zero-order valence-corrected chi connectivity index (χ0v) is 11.7. The van der Waals surface area contributed by atoms with Crippen LogP contribution in [0.25, 0.3) is 0 Å². The highest BCUT2D eigenvalue weighted by molar-refractivity contribution is 9.11. The normalized spacial score (nSPS) is 11.7. The summed E-state index contributed by atoms with van der Waals surface area (Å²) in [6.07, 6.45) is 1.74. The molecule has 0 spiro atoms. The Morgan fingerprint density at radius 1 is 1.27 bits per heavy atom. The highest BCUT2D eigenvalue weighted by atomic mass is 79.9. The molecule has 1 atom stereocenters. The number of halogens is 2. The number of hydrogen-bond acceptors (Lipinski definition) is 1. The Balaban J connectivity index is 2.71. The topological polar surface area (TPSA) is 26.0 Å². The van der Waals surface area contributed by atoms with Crippen LogP contribution in [0, 0.1) is 11.8 Å². The molecule has 1 rings (SSSR count). The van der Waals surface area contributed by atoms with Crippen molar-refractivity contribution in [2.75, 3.05) is 0 Å². The molecule has 1 aromatic carbocycles. The monoisotopic (exact) mass is 329 g/mol. The SMILES string of the molecule is CC#CCCC(N)c1cc(Br)cc(Br)c1. The van der Waals surface area contributed by atoms with Gasteiger partial charge in [0.15, 0.2) is 0 Å². The van der Waals surface area contributed by atoms with E-state index in [1.807, 2.05) is 13.0 Å². The second-order valence-corrected chi connectivity index (χ2v) is 5.11. The zero-order valence-electron chi connectivity index (χ0n) is 8.56. The van der Waals surface area contributed by atoms with Gasteiger partial charge in [-0.2, -0.15) is 0 Å². The van der Waals surface area contributed by atoms with Gasteiger partial charge in [0.25, 0.3) is 0 Å². The van der Waals surface area contributed by atoms with Crippen molar-refractivity contribution in [1.29, 1.82) is 0 Å². The van der Waals surface area contributed by atoms with Gasteiger partial charge in [-0.1, -0.05) is 31.9 Å². The van der Waals surface area contributed by atoms with Crippen LogP contribution in [-0.4, -0.2) is 0 Å². The molecule has 1 nitrogen and oxygen atoms in total. The van der Waals surface area contributed by atoms with E-state index in [2.05, 4.69) is 55.8 Å². The van der Waals surface area contributed by atoms with Gasteiger partial charge in [0.05, 0.1) is 0 Å². The number of rotatable bonds is 3. The molecular formula is C12H13Br2N. The summed E-state index contributed by atoms with van der Waals surface area (Å²) in [6, 6.07) is 6.16. The van der Waals surface area contributed by atoms with E-state index in [1.54, 1.807) is 0 Å². The fraction of sp³-hybridized carbons (Fsp3) is 0.333. The first-order valence-corrected chi connectivity index (χ1v) is 6.33. The molecule has 1 aromatic rings. The highest BCUT2D eigenvalue weighted by Crippen LogP contribution is 2.25. The average Bonchev–Trinajstić information content (AvgIpc) is 2.16. The third-order valence-corrected chi connectivity index (χ3v) is 2.99. The Labute approximate surface area is 108 Å². The lowest BCUT2D eigenvalue weighted by atomic mass is 10.0. The van der Waals surface area contributed by atoms with Crippen molar-refractivity contribution in [1.82, 2.24) is 0 Å². The minimum Gasteiger partial charge on any atom is -0.324 e. The summed E-state index contributed by atoms with van der Waals surface area (Å²) < 4.78 is 2.09. The summed E-state index contributed by atoms with van der Waals surface area (Å²) in [5, 5.41) is 0. The first-order chi connectivity index (χ1) is 7.13. The molecule has 0 amide bonds. The minimum absolute atomic E-state index is 0.0552. The van der Waals surface area contributed by atoms with Crippen LogP contribution in [0.1, 0.15) is 31.4 Å². The molecule has 0 heterocycles. The van der Waals surface area contributed by atoms with E-state index in [0.29, 0.717) is 0 Å². The van der Waals surface area contributed by atoms with Crippen molar-refractivity contribution in [2.45, 2.75) is 25.8 Å². The van der Waals surface area contributed by atoms with Crippen LogP contribution >= 0.6 is 31.9 Å². The standard InChI is InChI=1S/C12H13Br2N/c1-2-3-4-5-12(15)9-6-10(13)8-11(14)7-9/h6-8,12H,4-5,15H2,1H3. The molecule has 80 valence electrons. The van der Waals surface area contributed by atoms with Crippen LogP contribution in [0.4, 0.5) is 0 Å². The Morgan fingerprint density at radius 2 is 1.87 bits per heavy atom. The largest absolute Gasteiger partial charge is 0.324 e. The van der Waals surface area contributed by atoms with E-state index in [4.69, 9.17) is 5.73 Å². The smallest absolute Gasteiger partial charge is 0.0304 e. The molecule has 0 aliphatic carbocycles. The van der Waals surface area contributed by atoms with Gasteiger partial charge < -0.3 is 5.73 Å². The Bertz CT molecular complexity index is 370. The van der Waals surface area contributed by atoms with Crippen molar-refractivity contribution in [2.24, 2.45) is 5.73 Å². The Hall–Kier alpha value is -0.300. The average molecular weight is 331 g/mol. The second-order valence-electron chi connectivity index (χ2n) is 3.27. The molecule has 15 heavy (non-hydrogen) atoms. The third kappa shape index (κ3) is 4.38. The summed E-state index contributed by atoms with van der Waals surface area (Å²) in [5.41, 5.74) is 7.20. The van der Waals surface area contributed by atoms with Gasteiger partial charge in [-0.3, -0.25) is 0 Å². The van der Waals surface area contributed by atoms with E-state index < -0.39 is 0 Å². The molecule has 0 aromatic heterocycles. The van der Waals surface area contributed by atoms with Crippen molar-refractivity contribution >= 4 is 31.9 Å². The zero-order chi connectivity index (χ0) is 11.3. The van der Waals surface area contributed by atoms with E-state index in [9.17, 15) is 0 Å². The molecular weight excluding hydrogens is 318 g/mol. The van der Waals surface area contributed by atoms with E-state index >= 15 is 0 Å². The second kappa shape index (κ2) is 6.32. The first kappa shape index (κ1) is 12.8. The van der Waals surface area contributed by atoms with E-state index in [-0.39, 0.29) is 6.04 Å². The predicted octanol–water partition coefficient (Wildman–Crippen LogP) is 4.01. The molecule has 0 saturated heterocycles. The molecule has 2 N–H and O–H groups in total.